The maximum atomic E-state index is 12.9. The summed E-state index contributed by atoms with van der Waals surface area (Å²) < 4.78 is 3.76. The number of hydrogen-bond donors (Lipinski definition) is 1. The molecule has 0 saturated carbocycles. The van der Waals surface area contributed by atoms with Crippen molar-refractivity contribution in [3.8, 4) is 0 Å². The molecule has 0 saturated heterocycles. The smallest absolute Gasteiger partial charge is 0.272 e. The third-order valence-electron chi connectivity index (χ3n) is 4.87. The number of nitrogens with zero attached hydrogens (tertiary/aromatic N) is 6. The van der Waals surface area contributed by atoms with Crippen molar-refractivity contribution in [2.75, 3.05) is 6.54 Å². The number of carbonyl (C=O) groups excluding carboxylic acids is 1. The van der Waals surface area contributed by atoms with Crippen molar-refractivity contribution in [2.24, 2.45) is 0 Å². The number of fused-ring (bicyclic) bond motifs is 2. The molecule has 0 aliphatic rings. The highest BCUT2D eigenvalue weighted by atomic mass is 32.1. The predicted molar refractivity (Wildman–Crippen MR) is 115 cm³/mol. The molecule has 4 heterocycles. The quantitative estimate of drug-likeness (QED) is 0.459. The maximum Gasteiger partial charge on any atom is 0.272 e. The number of aromatic nitrogens is 6. The number of benzene rings is 1. The highest BCUT2D eigenvalue weighted by Gasteiger charge is 2.17. The van der Waals surface area contributed by atoms with Gasteiger partial charge in [0, 0.05) is 29.9 Å². The Labute approximate surface area is 176 Å². The van der Waals surface area contributed by atoms with Crippen LogP contribution in [0, 0.1) is 6.92 Å². The summed E-state index contributed by atoms with van der Waals surface area (Å²) in [5.74, 6) is 0.605. The van der Waals surface area contributed by atoms with E-state index in [-0.39, 0.29) is 5.91 Å². The summed E-state index contributed by atoms with van der Waals surface area (Å²) in [7, 11) is 0. The minimum Gasteiger partial charge on any atom is -0.350 e. The Bertz CT molecular complexity index is 1350. The fourth-order valence-corrected chi connectivity index (χ4v) is 4.09. The molecule has 5 aromatic rings. The molecular weight excluding hydrogens is 398 g/mol. The lowest BCUT2D eigenvalue weighted by molar-refractivity contribution is 0.0949. The molecule has 0 radical (unpaired) electrons. The lowest BCUT2D eigenvalue weighted by atomic mass is 10.2. The monoisotopic (exact) mass is 417 g/mol. The molecule has 150 valence electrons. The van der Waals surface area contributed by atoms with Crippen molar-refractivity contribution in [1.82, 2.24) is 34.7 Å². The minimum atomic E-state index is -0.201. The van der Waals surface area contributed by atoms with Crippen molar-refractivity contribution in [3.05, 3.63) is 76.3 Å². The summed E-state index contributed by atoms with van der Waals surface area (Å²) in [5.41, 5.74) is 3.07. The van der Waals surface area contributed by atoms with Crippen LogP contribution in [0.25, 0.3) is 16.6 Å². The molecule has 9 heteroatoms. The molecule has 0 aliphatic heterocycles. The number of para-hydroxylation sites is 1. The van der Waals surface area contributed by atoms with Gasteiger partial charge in [-0.3, -0.25) is 13.9 Å². The number of nitrogens with one attached hydrogen (secondary N) is 1. The highest BCUT2D eigenvalue weighted by molar-refractivity contribution is 7.09. The largest absolute Gasteiger partial charge is 0.350 e. The van der Waals surface area contributed by atoms with Crippen molar-refractivity contribution < 1.29 is 4.79 Å². The van der Waals surface area contributed by atoms with Gasteiger partial charge in [0.15, 0.2) is 11.3 Å². The van der Waals surface area contributed by atoms with Crippen LogP contribution in [-0.2, 0) is 13.0 Å². The van der Waals surface area contributed by atoms with Crippen molar-refractivity contribution >= 4 is 33.8 Å². The van der Waals surface area contributed by atoms with E-state index in [0.717, 1.165) is 33.1 Å². The SMILES string of the molecule is Cc1nc(Cn2nc(C(=O)NCCc3nnc4ccccn34)c3ccccc32)cs1. The van der Waals surface area contributed by atoms with Crippen LogP contribution in [0.5, 0.6) is 0 Å². The van der Waals surface area contributed by atoms with Crippen LogP contribution in [0.15, 0.2) is 54.0 Å². The van der Waals surface area contributed by atoms with Gasteiger partial charge in [-0.05, 0) is 25.1 Å². The number of amides is 1. The average molecular weight is 417 g/mol. The van der Waals surface area contributed by atoms with Gasteiger partial charge in [0.2, 0.25) is 0 Å². The standard InChI is InChI=1S/C21H19N7OS/c1-14-23-15(13-30-14)12-28-17-7-3-2-6-16(17)20(26-28)21(29)22-10-9-19-25-24-18-8-4-5-11-27(18)19/h2-8,11,13H,9-10,12H2,1H3,(H,22,29). The number of carbonyl (C=O) groups is 1. The summed E-state index contributed by atoms with van der Waals surface area (Å²) in [6.45, 7) is 2.96. The van der Waals surface area contributed by atoms with Gasteiger partial charge >= 0.3 is 0 Å². The van der Waals surface area contributed by atoms with Crippen LogP contribution in [0.1, 0.15) is 27.0 Å². The third-order valence-corrected chi connectivity index (χ3v) is 5.69. The van der Waals surface area contributed by atoms with Crippen LogP contribution < -0.4 is 5.32 Å². The number of thiazole rings is 1. The lowest BCUT2D eigenvalue weighted by Gasteiger charge is -2.03. The fourth-order valence-electron chi connectivity index (χ4n) is 3.48. The van der Waals surface area contributed by atoms with Crippen LogP contribution in [0.3, 0.4) is 0 Å². The molecule has 0 bridgehead atoms. The number of rotatable bonds is 6. The van der Waals surface area contributed by atoms with E-state index in [2.05, 4.69) is 25.6 Å². The van der Waals surface area contributed by atoms with E-state index in [9.17, 15) is 4.79 Å². The van der Waals surface area contributed by atoms with Gasteiger partial charge in [0.25, 0.3) is 5.91 Å². The van der Waals surface area contributed by atoms with E-state index >= 15 is 0 Å². The second-order valence-corrected chi connectivity index (χ2v) is 7.99. The van der Waals surface area contributed by atoms with E-state index < -0.39 is 0 Å². The molecule has 0 aliphatic carbocycles. The van der Waals surface area contributed by atoms with Gasteiger partial charge in [0.05, 0.1) is 22.8 Å². The lowest BCUT2D eigenvalue weighted by Crippen LogP contribution is -2.27. The molecule has 1 amide bonds. The summed E-state index contributed by atoms with van der Waals surface area (Å²) >= 11 is 1.61. The summed E-state index contributed by atoms with van der Waals surface area (Å²) in [4.78, 5) is 17.4. The number of pyridine rings is 1. The topological polar surface area (TPSA) is 90.0 Å². The second-order valence-electron chi connectivity index (χ2n) is 6.93. The Morgan fingerprint density at radius 1 is 1.13 bits per heavy atom. The Balaban J connectivity index is 1.34. The van der Waals surface area contributed by atoms with Gasteiger partial charge in [-0.15, -0.1) is 21.5 Å². The third kappa shape index (κ3) is 3.43. The Kier molecular flexibility index (Phi) is 4.72. The molecule has 1 N–H and O–H groups in total. The Hall–Kier alpha value is -3.59. The zero-order chi connectivity index (χ0) is 20.5. The van der Waals surface area contributed by atoms with E-state index in [0.29, 0.717) is 25.2 Å². The number of hydrogen-bond acceptors (Lipinski definition) is 6. The van der Waals surface area contributed by atoms with Crippen LogP contribution in [-0.4, -0.2) is 41.8 Å². The van der Waals surface area contributed by atoms with E-state index in [1.54, 1.807) is 11.3 Å². The first kappa shape index (κ1) is 18.4. The molecule has 0 fully saturated rings. The molecule has 30 heavy (non-hydrogen) atoms. The molecule has 0 spiro atoms. The first-order chi connectivity index (χ1) is 14.7. The van der Waals surface area contributed by atoms with Gasteiger partial charge in [-0.1, -0.05) is 24.3 Å². The number of aryl methyl sites for hydroxylation is 1. The summed E-state index contributed by atoms with van der Waals surface area (Å²) in [6.07, 6.45) is 2.50. The fraction of sp³-hybridized carbons (Fsp3) is 0.190. The minimum absolute atomic E-state index is 0.201. The van der Waals surface area contributed by atoms with Crippen molar-refractivity contribution in [1.29, 1.82) is 0 Å². The van der Waals surface area contributed by atoms with E-state index in [1.807, 2.05) is 70.0 Å². The van der Waals surface area contributed by atoms with Gasteiger partial charge in [0.1, 0.15) is 5.82 Å². The average Bonchev–Trinajstić information content (AvgIpc) is 3.46. The van der Waals surface area contributed by atoms with E-state index in [4.69, 9.17) is 0 Å². The molecule has 1 aromatic carbocycles. The Morgan fingerprint density at radius 2 is 2.00 bits per heavy atom. The van der Waals surface area contributed by atoms with Crippen LogP contribution in [0.2, 0.25) is 0 Å². The molecular formula is C21H19N7OS. The molecule has 8 nitrogen and oxygen atoms in total. The van der Waals surface area contributed by atoms with Crippen LogP contribution >= 0.6 is 11.3 Å². The van der Waals surface area contributed by atoms with Gasteiger partial charge in [-0.2, -0.15) is 5.10 Å². The van der Waals surface area contributed by atoms with Crippen molar-refractivity contribution in [2.45, 2.75) is 19.9 Å². The molecule has 4 aromatic heterocycles. The zero-order valence-electron chi connectivity index (χ0n) is 16.3. The first-order valence-electron chi connectivity index (χ1n) is 9.62. The van der Waals surface area contributed by atoms with Crippen LogP contribution in [0.4, 0.5) is 0 Å². The van der Waals surface area contributed by atoms with Crippen molar-refractivity contribution in [3.63, 3.8) is 0 Å². The second kappa shape index (κ2) is 7.68. The van der Waals surface area contributed by atoms with Gasteiger partial charge in [-0.25, -0.2) is 4.98 Å². The predicted octanol–water partition coefficient (Wildman–Crippen LogP) is 2.86. The normalized spacial score (nSPS) is 11.4. The Morgan fingerprint density at radius 3 is 2.87 bits per heavy atom. The molecule has 0 unspecified atom stereocenters. The van der Waals surface area contributed by atoms with E-state index in [1.165, 1.54) is 0 Å². The van der Waals surface area contributed by atoms with Gasteiger partial charge < -0.3 is 5.32 Å². The molecule has 0 atom stereocenters. The first-order valence-corrected chi connectivity index (χ1v) is 10.5. The highest BCUT2D eigenvalue weighted by Crippen LogP contribution is 2.20. The molecule has 5 rings (SSSR count). The summed E-state index contributed by atoms with van der Waals surface area (Å²) in [6, 6.07) is 13.5. The summed E-state index contributed by atoms with van der Waals surface area (Å²) in [5, 5.41) is 19.8. The zero-order valence-corrected chi connectivity index (χ0v) is 17.1. The maximum absolute atomic E-state index is 12.9.